The summed E-state index contributed by atoms with van der Waals surface area (Å²) in [5.41, 5.74) is 1.07. The molecule has 2 nitrogen and oxygen atoms in total. The molecule has 0 bridgehead atoms. The van der Waals surface area contributed by atoms with Crippen LogP contribution in [0, 0.1) is 5.92 Å². The predicted octanol–water partition coefficient (Wildman–Crippen LogP) is 1.40. The Morgan fingerprint density at radius 1 is 1.56 bits per heavy atom. The van der Waals surface area contributed by atoms with Crippen LogP contribution in [0.5, 0.6) is 0 Å². The van der Waals surface area contributed by atoms with Crippen LogP contribution in [0.15, 0.2) is 12.3 Å². The standard InChI is InChI=1S/C7H13NO/c1-5-6(2)8(4)9-7(5)3/h5,7H,2H2,1,3-4H3/t5-,7?/m1/s1. The molecule has 0 aromatic carbocycles. The maximum absolute atomic E-state index is 5.32. The number of rotatable bonds is 0. The Balaban J connectivity index is 2.65. The second-order valence-electron chi connectivity index (χ2n) is 2.59. The van der Waals surface area contributed by atoms with E-state index in [4.69, 9.17) is 4.84 Å². The normalized spacial score (nSPS) is 35.9. The molecule has 9 heavy (non-hydrogen) atoms. The van der Waals surface area contributed by atoms with Crippen molar-refractivity contribution >= 4 is 0 Å². The lowest BCUT2D eigenvalue weighted by Gasteiger charge is -2.09. The number of hydrogen-bond donors (Lipinski definition) is 0. The van der Waals surface area contributed by atoms with E-state index in [1.165, 1.54) is 0 Å². The Hall–Kier alpha value is -0.500. The molecule has 1 aliphatic rings. The zero-order valence-corrected chi connectivity index (χ0v) is 6.22. The van der Waals surface area contributed by atoms with E-state index in [2.05, 4.69) is 20.4 Å². The van der Waals surface area contributed by atoms with Gasteiger partial charge in [-0.25, -0.2) is 0 Å². The average molecular weight is 127 g/mol. The Kier molecular flexibility index (Phi) is 1.49. The lowest BCUT2D eigenvalue weighted by molar-refractivity contribution is -0.109. The summed E-state index contributed by atoms with van der Waals surface area (Å²) >= 11 is 0. The highest BCUT2D eigenvalue weighted by atomic mass is 16.7. The Morgan fingerprint density at radius 3 is 2.22 bits per heavy atom. The highest BCUT2D eigenvalue weighted by molar-refractivity contribution is 5.00. The van der Waals surface area contributed by atoms with Crippen LogP contribution in [0.3, 0.4) is 0 Å². The summed E-state index contributed by atoms with van der Waals surface area (Å²) < 4.78 is 0. The molecule has 0 radical (unpaired) electrons. The van der Waals surface area contributed by atoms with Crippen molar-refractivity contribution in [1.82, 2.24) is 5.06 Å². The van der Waals surface area contributed by atoms with Gasteiger partial charge in [0.1, 0.15) is 0 Å². The fraction of sp³-hybridized carbons (Fsp3) is 0.714. The molecule has 1 rings (SSSR count). The maximum atomic E-state index is 5.32. The van der Waals surface area contributed by atoms with E-state index in [1.54, 1.807) is 5.06 Å². The fourth-order valence-corrected chi connectivity index (χ4v) is 0.966. The molecule has 0 aromatic rings. The van der Waals surface area contributed by atoms with Crippen molar-refractivity contribution in [3.8, 4) is 0 Å². The maximum Gasteiger partial charge on any atom is 0.0908 e. The molecular weight excluding hydrogens is 114 g/mol. The number of hydrogen-bond acceptors (Lipinski definition) is 2. The molecule has 1 aliphatic heterocycles. The second-order valence-corrected chi connectivity index (χ2v) is 2.59. The quantitative estimate of drug-likeness (QED) is 0.487. The van der Waals surface area contributed by atoms with E-state index in [-0.39, 0.29) is 0 Å². The topological polar surface area (TPSA) is 12.5 Å². The molecule has 0 aromatic heterocycles. The predicted molar refractivity (Wildman–Crippen MR) is 36.6 cm³/mol. The van der Waals surface area contributed by atoms with Gasteiger partial charge in [-0.15, -0.1) is 0 Å². The minimum Gasteiger partial charge on any atom is -0.270 e. The van der Waals surface area contributed by atoms with E-state index in [9.17, 15) is 0 Å². The van der Waals surface area contributed by atoms with Crippen molar-refractivity contribution in [3.63, 3.8) is 0 Å². The van der Waals surface area contributed by atoms with Crippen LogP contribution in [0.1, 0.15) is 13.8 Å². The Morgan fingerprint density at radius 2 is 2.11 bits per heavy atom. The van der Waals surface area contributed by atoms with E-state index in [1.807, 2.05) is 7.05 Å². The molecule has 2 atom stereocenters. The molecule has 52 valence electrons. The van der Waals surface area contributed by atoms with Crippen LogP contribution in [0.4, 0.5) is 0 Å². The molecule has 1 fully saturated rings. The molecule has 0 N–H and O–H groups in total. The monoisotopic (exact) mass is 127 g/mol. The molecule has 1 saturated heterocycles. The SMILES string of the molecule is C=C1[C@@H](C)C(C)ON1C. The molecule has 0 amide bonds. The van der Waals surface area contributed by atoms with Crippen LogP contribution in [-0.2, 0) is 4.84 Å². The van der Waals surface area contributed by atoms with Gasteiger partial charge in [-0.1, -0.05) is 13.5 Å². The molecule has 1 unspecified atom stereocenters. The summed E-state index contributed by atoms with van der Waals surface area (Å²) in [5.74, 6) is 0.468. The smallest absolute Gasteiger partial charge is 0.0908 e. The molecular formula is C7H13NO. The van der Waals surface area contributed by atoms with Gasteiger partial charge in [0.05, 0.1) is 6.10 Å². The van der Waals surface area contributed by atoms with Gasteiger partial charge in [0, 0.05) is 18.7 Å². The largest absolute Gasteiger partial charge is 0.270 e. The van der Waals surface area contributed by atoms with Crippen LogP contribution >= 0.6 is 0 Å². The summed E-state index contributed by atoms with van der Waals surface area (Å²) in [5, 5.41) is 1.75. The minimum atomic E-state index is 0.294. The van der Waals surface area contributed by atoms with Crippen molar-refractivity contribution in [2.45, 2.75) is 20.0 Å². The van der Waals surface area contributed by atoms with E-state index < -0.39 is 0 Å². The van der Waals surface area contributed by atoms with E-state index in [0.29, 0.717) is 12.0 Å². The summed E-state index contributed by atoms with van der Waals surface area (Å²) in [6.45, 7) is 8.04. The first-order valence-electron chi connectivity index (χ1n) is 3.22. The van der Waals surface area contributed by atoms with Crippen LogP contribution < -0.4 is 0 Å². The van der Waals surface area contributed by atoms with Gasteiger partial charge >= 0.3 is 0 Å². The summed E-state index contributed by atoms with van der Waals surface area (Å²) in [6, 6.07) is 0. The van der Waals surface area contributed by atoms with Crippen molar-refractivity contribution < 1.29 is 4.84 Å². The third kappa shape index (κ3) is 0.944. The van der Waals surface area contributed by atoms with Gasteiger partial charge in [0.15, 0.2) is 0 Å². The van der Waals surface area contributed by atoms with Crippen molar-refractivity contribution in [2.75, 3.05) is 7.05 Å². The van der Waals surface area contributed by atoms with Crippen LogP contribution in [-0.4, -0.2) is 18.2 Å². The summed E-state index contributed by atoms with van der Waals surface area (Å²) in [4.78, 5) is 5.32. The first-order chi connectivity index (χ1) is 4.13. The Labute approximate surface area is 56.1 Å². The first kappa shape index (κ1) is 6.62. The molecule has 0 spiro atoms. The van der Waals surface area contributed by atoms with Gasteiger partial charge in [0.25, 0.3) is 0 Å². The minimum absolute atomic E-state index is 0.294. The zero-order chi connectivity index (χ0) is 7.02. The molecule has 1 heterocycles. The zero-order valence-electron chi connectivity index (χ0n) is 6.22. The van der Waals surface area contributed by atoms with Gasteiger partial charge in [-0.05, 0) is 6.92 Å². The molecule has 0 aliphatic carbocycles. The van der Waals surface area contributed by atoms with E-state index in [0.717, 1.165) is 5.70 Å². The number of nitrogens with zero attached hydrogens (tertiary/aromatic N) is 1. The number of hydroxylamine groups is 2. The van der Waals surface area contributed by atoms with Gasteiger partial charge in [0.2, 0.25) is 0 Å². The third-order valence-corrected chi connectivity index (χ3v) is 1.96. The van der Waals surface area contributed by atoms with Crippen LogP contribution in [0.2, 0.25) is 0 Å². The second kappa shape index (κ2) is 2.03. The van der Waals surface area contributed by atoms with Crippen molar-refractivity contribution in [1.29, 1.82) is 0 Å². The first-order valence-corrected chi connectivity index (χ1v) is 3.22. The highest BCUT2D eigenvalue weighted by Crippen LogP contribution is 2.26. The van der Waals surface area contributed by atoms with E-state index >= 15 is 0 Å². The summed E-state index contributed by atoms with van der Waals surface area (Å²) in [6.07, 6.45) is 0.294. The van der Waals surface area contributed by atoms with Crippen molar-refractivity contribution in [3.05, 3.63) is 12.3 Å². The lowest BCUT2D eigenvalue weighted by Crippen LogP contribution is -2.09. The Bertz CT molecular complexity index is 133. The highest BCUT2D eigenvalue weighted by Gasteiger charge is 2.27. The van der Waals surface area contributed by atoms with Gasteiger partial charge < -0.3 is 0 Å². The van der Waals surface area contributed by atoms with Crippen LogP contribution in [0.25, 0.3) is 0 Å². The van der Waals surface area contributed by atoms with Crippen molar-refractivity contribution in [2.24, 2.45) is 5.92 Å². The third-order valence-electron chi connectivity index (χ3n) is 1.96. The molecule has 0 saturated carbocycles. The van der Waals surface area contributed by atoms with Gasteiger partial charge in [-0.2, -0.15) is 0 Å². The van der Waals surface area contributed by atoms with Gasteiger partial charge in [-0.3, -0.25) is 9.90 Å². The fourth-order valence-electron chi connectivity index (χ4n) is 0.966. The average Bonchev–Trinajstić information content (AvgIpc) is 1.98. The lowest BCUT2D eigenvalue weighted by atomic mass is 10.1. The molecule has 2 heteroatoms. The summed E-state index contributed by atoms with van der Waals surface area (Å²) in [7, 11) is 1.89.